The van der Waals surface area contributed by atoms with E-state index in [-0.39, 0.29) is 0 Å². The van der Waals surface area contributed by atoms with Gasteiger partial charge in [-0.1, -0.05) is 117 Å². The van der Waals surface area contributed by atoms with Crippen LogP contribution in [0.3, 0.4) is 0 Å². The Labute approximate surface area is 135 Å². The number of epoxide rings is 1. The van der Waals surface area contributed by atoms with E-state index in [2.05, 4.69) is 18.6 Å². The van der Waals surface area contributed by atoms with Gasteiger partial charge in [0.2, 0.25) is 0 Å². The summed E-state index contributed by atoms with van der Waals surface area (Å²) in [7, 11) is 0. The first kappa shape index (κ1) is 21.0. The van der Waals surface area contributed by atoms with E-state index < -0.39 is 0 Å². The highest BCUT2D eigenvalue weighted by molar-refractivity contribution is 4.49. The Bertz CT molecular complexity index is 146. The molecule has 1 heterocycles. The fourth-order valence-corrected chi connectivity index (χ4v) is 2.62. The van der Waals surface area contributed by atoms with Crippen molar-refractivity contribution in [1.82, 2.24) is 0 Å². The molecule has 0 aliphatic carbocycles. The second kappa shape index (κ2) is 20.0. The van der Waals surface area contributed by atoms with Crippen molar-refractivity contribution in [3.05, 3.63) is 0 Å². The summed E-state index contributed by atoms with van der Waals surface area (Å²) in [5.41, 5.74) is 0. The molecule has 1 rings (SSSR count). The van der Waals surface area contributed by atoms with Crippen molar-refractivity contribution in [2.24, 2.45) is 0 Å². The van der Waals surface area contributed by atoms with Crippen molar-refractivity contribution in [1.29, 1.82) is 0 Å². The minimum atomic E-state index is 1.00. The average Bonchev–Trinajstić information content (AvgIpc) is 3.36. The van der Waals surface area contributed by atoms with Crippen LogP contribution in [0.2, 0.25) is 0 Å². The topological polar surface area (TPSA) is 12.5 Å². The lowest BCUT2D eigenvalue weighted by Crippen LogP contribution is -1.83. The van der Waals surface area contributed by atoms with Gasteiger partial charge < -0.3 is 4.74 Å². The van der Waals surface area contributed by atoms with E-state index in [0.717, 1.165) is 13.2 Å². The van der Waals surface area contributed by atoms with Gasteiger partial charge in [-0.15, -0.1) is 0 Å². The van der Waals surface area contributed by atoms with E-state index in [1.165, 1.54) is 103 Å². The molecule has 1 fully saturated rings. The Morgan fingerprint density at radius 2 is 0.619 bits per heavy atom. The predicted molar refractivity (Wildman–Crippen MR) is 96.0 cm³/mol. The molecule has 0 bridgehead atoms. The van der Waals surface area contributed by atoms with Crippen LogP contribution in [0.4, 0.5) is 0 Å². The second-order valence-electron chi connectivity index (χ2n) is 6.56. The maximum atomic E-state index is 4.50. The summed E-state index contributed by atoms with van der Waals surface area (Å²) in [6.45, 7) is 6.59. The average molecular weight is 299 g/mol. The minimum absolute atomic E-state index is 1.00. The first-order valence-corrected chi connectivity index (χ1v) is 9.99. The van der Waals surface area contributed by atoms with Gasteiger partial charge in [0.15, 0.2) is 0 Å². The molecule has 1 aliphatic rings. The summed E-state index contributed by atoms with van der Waals surface area (Å²) >= 11 is 0. The van der Waals surface area contributed by atoms with Gasteiger partial charge in [-0.2, -0.15) is 0 Å². The molecule has 0 spiro atoms. The van der Waals surface area contributed by atoms with Crippen LogP contribution in [0.15, 0.2) is 0 Å². The van der Waals surface area contributed by atoms with Crippen LogP contribution in [-0.4, -0.2) is 13.2 Å². The summed E-state index contributed by atoms with van der Waals surface area (Å²) < 4.78 is 4.50. The van der Waals surface area contributed by atoms with Crippen LogP contribution >= 0.6 is 0 Å². The number of hydrogen-bond donors (Lipinski definition) is 0. The predicted octanol–water partition coefficient (Wildman–Crippen LogP) is 7.28. The van der Waals surface area contributed by atoms with Crippen LogP contribution in [-0.2, 0) is 4.74 Å². The third kappa shape index (κ3) is 25.3. The normalized spacial score (nSPS) is 12.9. The first-order chi connectivity index (χ1) is 10.4. The van der Waals surface area contributed by atoms with E-state index in [9.17, 15) is 0 Å². The van der Waals surface area contributed by atoms with Gasteiger partial charge in [-0.3, -0.25) is 0 Å². The van der Waals surface area contributed by atoms with Crippen molar-refractivity contribution in [2.45, 2.75) is 117 Å². The number of ether oxygens (including phenoxy) is 1. The fraction of sp³-hybridized carbons (Fsp3) is 1.00. The SMILES string of the molecule is C1CO1.CCCCCCCCCCCCCCCCCC. The van der Waals surface area contributed by atoms with Gasteiger partial charge >= 0.3 is 0 Å². The summed E-state index contributed by atoms with van der Waals surface area (Å²) in [6, 6.07) is 0. The maximum Gasteiger partial charge on any atom is 0.0701 e. The summed E-state index contributed by atoms with van der Waals surface area (Å²) in [5, 5.41) is 0. The Hall–Kier alpha value is -0.0400. The zero-order valence-corrected chi connectivity index (χ0v) is 15.1. The van der Waals surface area contributed by atoms with Crippen molar-refractivity contribution >= 4 is 0 Å². The lowest BCUT2D eigenvalue weighted by molar-refractivity contribution is 0.475. The standard InChI is InChI=1S/C18H38.C2H4O/c1-3-5-7-9-11-13-15-17-18-16-14-12-10-8-6-4-2;1-2-3-1/h3-18H2,1-2H3;1-2H2. The van der Waals surface area contributed by atoms with Gasteiger partial charge in [0.25, 0.3) is 0 Å². The Balaban J connectivity index is 0.00000117. The molecule has 1 saturated heterocycles. The molecular formula is C20H42O. The van der Waals surface area contributed by atoms with Crippen molar-refractivity contribution in [3.63, 3.8) is 0 Å². The van der Waals surface area contributed by atoms with Crippen molar-refractivity contribution < 1.29 is 4.74 Å². The van der Waals surface area contributed by atoms with E-state index in [0.29, 0.717) is 0 Å². The number of hydrogen-bond acceptors (Lipinski definition) is 1. The van der Waals surface area contributed by atoms with E-state index in [1.807, 2.05) is 0 Å². The molecule has 1 nitrogen and oxygen atoms in total. The molecule has 0 unspecified atom stereocenters. The van der Waals surface area contributed by atoms with Gasteiger partial charge in [0, 0.05) is 0 Å². The molecule has 0 N–H and O–H groups in total. The van der Waals surface area contributed by atoms with Gasteiger partial charge in [-0.25, -0.2) is 0 Å². The first-order valence-electron chi connectivity index (χ1n) is 9.99. The smallest absolute Gasteiger partial charge is 0.0701 e. The third-order valence-corrected chi connectivity index (χ3v) is 4.16. The van der Waals surface area contributed by atoms with Crippen LogP contribution < -0.4 is 0 Å². The molecule has 0 radical (unpaired) electrons. The fourth-order valence-electron chi connectivity index (χ4n) is 2.62. The molecule has 128 valence electrons. The Morgan fingerprint density at radius 1 is 0.429 bits per heavy atom. The zero-order chi connectivity index (χ0) is 15.4. The van der Waals surface area contributed by atoms with Crippen molar-refractivity contribution in [2.75, 3.05) is 13.2 Å². The van der Waals surface area contributed by atoms with Crippen LogP contribution in [0, 0.1) is 0 Å². The molecule has 1 heteroatoms. The highest BCUT2D eigenvalue weighted by atomic mass is 16.6. The van der Waals surface area contributed by atoms with E-state index >= 15 is 0 Å². The highest BCUT2D eigenvalue weighted by Crippen LogP contribution is 2.13. The molecule has 0 aromatic rings. The summed E-state index contributed by atoms with van der Waals surface area (Å²) in [5.74, 6) is 0. The molecule has 0 atom stereocenters. The zero-order valence-electron chi connectivity index (χ0n) is 15.1. The molecule has 0 amide bonds. The number of unbranched alkanes of at least 4 members (excludes halogenated alkanes) is 15. The highest BCUT2D eigenvalue weighted by Gasteiger charge is 1.94. The van der Waals surface area contributed by atoms with Crippen LogP contribution in [0.25, 0.3) is 0 Å². The monoisotopic (exact) mass is 298 g/mol. The van der Waals surface area contributed by atoms with Gasteiger partial charge in [0.05, 0.1) is 13.2 Å². The van der Waals surface area contributed by atoms with Gasteiger partial charge in [-0.05, 0) is 0 Å². The van der Waals surface area contributed by atoms with Gasteiger partial charge in [0.1, 0.15) is 0 Å². The van der Waals surface area contributed by atoms with Crippen molar-refractivity contribution in [3.8, 4) is 0 Å². The third-order valence-electron chi connectivity index (χ3n) is 4.16. The molecule has 21 heavy (non-hydrogen) atoms. The van der Waals surface area contributed by atoms with Crippen LogP contribution in [0.1, 0.15) is 117 Å². The number of rotatable bonds is 15. The van der Waals surface area contributed by atoms with Crippen LogP contribution in [0.5, 0.6) is 0 Å². The molecule has 0 saturated carbocycles. The lowest BCUT2D eigenvalue weighted by Gasteiger charge is -2.03. The lowest BCUT2D eigenvalue weighted by atomic mass is 10.0. The molecule has 0 aromatic carbocycles. The molecular weight excluding hydrogens is 256 g/mol. The largest absolute Gasteiger partial charge is 0.377 e. The molecule has 1 aliphatic heterocycles. The quantitative estimate of drug-likeness (QED) is 0.228. The molecule has 0 aromatic heterocycles. The summed E-state index contributed by atoms with van der Waals surface area (Å²) in [6.07, 6.45) is 23.4. The minimum Gasteiger partial charge on any atom is -0.377 e. The second-order valence-corrected chi connectivity index (χ2v) is 6.56. The Kier molecular flexibility index (Phi) is 19.9. The van der Waals surface area contributed by atoms with E-state index in [1.54, 1.807) is 0 Å². The summed E-state index contributed by atoms with van der Waals surface area (Å²) in [4.78, 5) is 0. The Morgan fingerprint density at radius 3 is 0.762 bits per heavy atom. The maximum absolute atomic E-state index is 4.50. The van der Waals surface area contributed by atoms with E-state index in [4.69, 9.17) is 0 Å².